The molecule has 0 unspecified atom stereocenters. The van der Waals surface area contributed by atoms with E-state index in [2.05, 4.69) is 4.98 Å². The Labute approximate surface area is 145 Å². The topological polar surface area (TPSA) is 94.8 Å². The molecule has 25 heavy (non-hydrogen) atoms. The van der Waals surface area contributed by atoms with E-state index in [0.29, 0.717) is 17.9 Å². The van der Waals surface area contributed by atoms with Gasteiger partial charge in [-0.15, -0.1) is 0 Å². The van der Waals surface area contributed by atoms with Gasteiger partial charge in [0.25, 0.3) is 5.69 Å². The van der Waals surface area contributed by atoms with Crippen molar-refractivity contribution < 1.29 is 19.2 Å². The summed E-state index contributed by atoms with van der Waals surface area (Å²) in [5, 5.41) is 11.2. The number of benzene rings is 1. The van der Waals surface area contributed by atoms with E-state index in [-0.39, 0.29) is 23.7 Å². The van der Waals surface area contributed by atoms with Crippen molar-refractivity contribution in [1.82, 2.24) is 4.98 Å². The van der Waals surface area contributed by atoms with Crippen LogP contribution in [0.3, 0.4) is 0 Å². The number of nitro groups is 1. The van der Waals surface area contributed by atoms with Crippen molar-refractivity contribution in [1.29, 1.82) is 0 Å². The number of rotatable bonds is 7. The molecule has 0 saturated carbocycles. The first-order valence-corrected chi connectivity index (χ1v) is 7.63. The Morgan fingerprint density at radius 3 is 2.72 bits per heavy atom. The molecule has 0 aliphatic rings. The van der Waals surface area contributed by atoms with Gasteiger partial charge >= 0.3 is 5.97 Å². The van der Waals surface area contributed by atoms with Crippen LogP contribution in [0.5, 0.6) is 5.88 Å². The third-order valence-corrected chi connectivity index (χ3v) is 3.36. The van der Waals surface area contributed by atoms with E-state index in [1.807, 2.05) is 0 Å². The third-order valence-electron chi connectivity index (χ3n) is 3.36. The van der Waals surface area contributed by atoms with Gasteiger partial charge in [0.1, 0.15) is 17.9 Å². The Morgan fingerprint density at radius 2 is 2.08 bits per heavy atom. The summed E-state index contributed by atoms with van der Waals surface area (Å²) in [6, 6.07) is 7.86. The van der Waals surface area contributed by atoms with Crippen molar-refractivity contribution in [3.8, 4) is 5.88 Å². The van der Waals surface area contributed by atoms with Crippen LogP contribution >= 0.6 is 0 Å². The molecular formula is C17H19N3O5. The van der Waals surface area contributed by atoms with Crippen LogP contribution in [0, 0.1) is 10.1 Å². The number of pyridine rings is 1. The van der Waals surface area contributed by atoms with Crippen molar-refractivity contribution in [2.45, 2.75) is 13.5 Å². The molecule has 1 aromatic carbocycles. The maximum Gasteiger partial charge on any atom is 0.343 e. The molecule has 0 atom stereocenters. The van der Waals surface area contributed by atoms with Crippen molar-refractivity contribution in [3.05, 3.63) is 57.8 Å². The summed E-state index contributed by atoms with van der Waals surface area (Å²) in [6.45, 7) is 2.07. The second-order valence-electron chi connectivity index (χ2n) is 5.34. The molecule has 0 aliphatic carbocycles. The molecule has 1 heterocycles. The average Bonchev–Trinajstić information content (AvgIpc) is 2.60. The summed E-state index contributed by atoms with van der Waals surface area (Å²) in [7, 11) is 3.44. The Kier molecular flexibility index (Phi) is 5.89. The SMILES string of the molecule is CCOc1ncccc1C(=O)OCc1ccc(N(C)C)c([N+](=O)[O-])c1. The summed E-state index contributed by atoms with van der Waals surface area (Å²) in [5.74, 6) is -0.403. The molecule has 8 nitrogen and oxygen atoms in total. The third kappa shape index (κ3) is 4.43. The zero-order valence-corrected chi connectivity index (χ0v) is 14.3. The van der Waals surface area contributed by atoms with Gasteiger partial charge in [-0.1, -0.05) is 6.07 Å². The number of carbonyl (C=O) groups is 1. The van der Waals surface area contributed by atoms with Crippen LogP contribution < -0.4 is 9.64 Å². The fraction of sp³-hybridized carbons (Fsp3) is 0.294. The average molecular weight is 345 g/mol. The summed E-state index contributed by atoms with van der Waals surface area (Å²) in [6.07, 6.45) is 1.52. The van der Waals surface area contributed by atoms with Gasteiger partial charge in [-0.3, -0.25) is 10.1 Å². The smallest absolute Gasteiger partial charge is 0.343 e. The van der Waals surface area contributed by atoms with Crippen molar-refractivity contribution in [2.24, 2.45) is 0 Å². The molecule has 8 heteroatoms. The standard InChI is InChI=1S/C17H19N3O5/c1-4-24-16-13(6-5-9-18-16)17(21)25-11-12-7-8-14(19(2)3)15(10-12)20(22)23/h5-10H,4,11H2,1-3H3. The van der Waals surface area contributed by atoms with Gasteiger partial charge in [0.15, 0.2) is 0 Å². The lowest BCUT2D eigenvalue weighted by molar-refractivity contribution is -0.384. The van der Waals surface area contributed by atoms with Crippen molar-refractivity contribution >= 4 is 17.3 Å². The number of hydrogen-bond acceptors (Lipinski definition) is 7. The van der Waals surface area contributed by atoms with Gasteiger partial charge in [0.2, 0.25) is 5.88 Å². The highest BCUT2D eigenvalue weighted by Crippen LogP contribution is 2.28. The number of hydrogen-bond donors (Lipinski definition) is 0. The molecule has 132 valence electrons. The van der Waals surface area contributed by atoms with E-state index in [4.69, 9.17) is 9.47 Å². The van der Waals surface area contributed by atoms with Gasteiger partial charge in [-0.25, -0.2) is 9.78 Å². The van der Waals surface area contributed by atoms with Crippen LogP contribution in [-0.4, -0.2) is 36.6 Å². The van der Waals surface area contributed by atoms with Gasteiger partial charge in [-0.2, -0.15) is 0 Å². The first kappa shape index (κ1) is 18.2. The first-order chi connectivity index (χ1) is 11.9. The minimum Gasteiger partial charge on any atom is -0.477 e. The van der Waals surface area contributed by atoms with Crippen LogP contribution in [0.15, 0.2) is 36.5 Å². The van der Waals surface area contributed by atoms with E-state index in [1.165, 1.54) is 12.3 Å². The number of ether oxygens (including phenoxy) is 2. The zero-order valence-electron chi connectivity index (χ0n) is 14.3. The van der Waals surface area contributed by atoms with Gasteiger partial charge < -0.3 is 14.4 Å². The fourth-order valence-corrected chi connectivity index (χ4v) is 2.21. The Balaban J connectivity index is 2.15. The minimum atomic E-state index is -0.601. The predicted molar refractivity (Wildman–Crippen MR) is 91.9 cm³/mol. The number of nitro benzene ring substituents is 1. The van der Waals surface area contributed by atoms with E-state index in [9.17, 15) is 14.9 Å². The molecule has 0 spiro atoms. The van der Waals surface area contributed by atoms with E-state index in [1.54, 1.807) is 50.2 Å². The molecule has 0 amide bonds. The van der Waals surface area contributed by atoms with Gasteiger partial charge in [-0.05, 0) is 30.7 Å². The van der Waals surface area contributed by atoms with Crippen LogP contribution in [0.4, 0.5) is 11.4 Å². The van der Waals surface area contributed by atoms with Crippen molar-refractivity contribution in [3.63, 3.8) is 0 Å². The van der Waals surface area contributed by atoms with Crippen LogP contribution in [0.2, 0.25) is 0 Å². The number of esters is 1. The quantitative estimate of drug-likeness (QED) is 0.432. The monoisotopic (exact) mass is 345 g/mol. The Hall–Kier alpha value is -3.16. The van der Waals surface area contributed by atoms with Crippen LogP contribution in [-0.2, 0) is 11.3 Å². The summed E-state index contributed by atoms with van der Waals surface area (Å²) in [5.41, 5.74) is 1.16. The predicted octanol–water partition coefficient (Wildman–Crippen LogP) is 2.81. The minimum absolute atomic E-state index is 0.0464. The summed E-state index contributed by atoms with van der Waals surface area (Å²) >= 11 is 0. The van der Waals surface area contributed by atoms with Crippen molar-refractivity contribution in [2.75, 3.05) is 25.6 Å². The lowest BCUT2D eigenvalue weighted by Crippen LogP contribution is -2.12. The normalized spacial score (nSPS) is 10.2. The lowest BCUT2D eigenvalue weighted by atomic mass is 10.1. The maximum absolute atomic E-state index is 12.2. The van der Waals surface area contributed by atoms with E-state index < -0.39 is 10.9 Å². The van der Waals surface area contributed by atoms with E-state index >= 15 is 0 Å². The molecule has 0 bridgehead atoms. The number of anilines is 1. The molecule has 1 aromatic heterocycles. The number of carbonyl (C=O) groups excluding carboxylic acids is 1. The molecule has 2 aromatic rings. The van der Waals surface area contributed by atoms with Crippen LogP contribution in [0.1, 0.15) is 22.8 Å². The zero-order chi connectivity index (χ0) is 18.4. The molecule has 0 aliphatic heterocycles. The highest BCUT2D eigenvalue weighted by molar-refractivity contribution is 5.91. The second-order valence-corrected chi connectivity index (χ2v) is 5.34. The fourth-order valence-electron chi connectivity index (χ4n) is 2.21. The van der Waals surface area contributed by atoms with Gasteiger partial charge in [0, 0.05) is 26.4 Å². The number of aromatic nitrogens is 1. The van der Waals surface area contributed by atoms with Gasteiger partial charge in [0.05, 0.1) is 11.5 Å². The second kappa shape index (κ2) is 8.09. The molecular weight excluding hydrogens is 326 g/mol. The van der Waals surface area contributed by atoms with E-state index in [0.717, 1.165) is 0 Å². The maximum atomic E-state index is 12.2. The van der Waals surface area contributed by atoms with Crippen LogP contribution in [0.25, 0.3) is 0 Å². The summed E-state index contributed by atoms with van der Waals surface area (Å²) < 4.78 is 10.5. The summed E-state index contributed by atoms with van der Waals surface area (Å²) in [4.78, 5) is 28.6. The molecule has 0 fully saturated rings. The Morgan fingerprint density at radius 1 is 1.32 bits per heavy atom. The molecule has 2 rings (SSSR count). The molecule has 0 N–H and O–H groups in total. The lowest BCUT2D eigenvalue weighted by Gasteiger charge is -2.13. The Bertz CT molecular complexity index is 777. The largest absolute Gasteiger partial charge is 0.477 e. The highest BCUT2D eigenvalue weighted by Gasteiger charge is 2.18. The molecule has 0 saturated heterocycles. The molecule has 0 radical (unpaired) electrons. The number of nitrogens with zero attached hydrogens (tertiary/aromatic N) is 3. The first-order valence-electron chi connectivity index (χ1n) is 7.63. The highest BCUT2D eigenvalue weighted by atomic mass is 16.6.